The largest absolute Gasteiger partial charge is 0.466 e. The highest BCUT2D eigenvalue weighted by molar-refractivity contribution is 8.03. The molecule has 22 heavy (non-hydrogen) atoms. The van der Waals surface area contributed by atoms with E-state index in [1.165, 1.54) is 13.2 Å². The van der Waals surface area contributed by atoms with Gasteiger partial charge in [-0.05, 0) is 36.3 Å². The molecule has 1 aromatic carbocycles. The Balaban J connectivity index is 1.86. The third kappa shape index (κ3) is 5.41. The second-order valence-corrected chi connectivity index (χ2v) is 6.14. The van der Waals surface area contributed by atoms with Gasteiger partial charge in [-0.15, -0.1) is 0 Å². The van der Waals surface area contributed by atoms with Crippen molar-refractivity contribution in [3.63, 3.8) is 0 Å². The van der Waals surface area contributed by atoms with E-state index in [1.807, 2.05) is 30.3 Å². The molecule has 0 saturated carbocycles. The van der Waals surface area contributed by atoms with E-state index in [0.29, 0.717) is 0 Å². The normalized spacial score (nSPS) is 18.0. The second-order valence-electron chi connectivity index (χ2n) is 4.94. The lowest BCUT2D eigenvalue weighted by Crippen LogP contribution is -2.37. The van der Waals surface area contributed by atoms with Gasteiger partial charge in [-0.25, -0.2) is 4.79 Å². The lowest BCUT2D eigenvalue weighted by atomic mass is 10.0. The highest BCUT2D eigenvalue weighted by Crippen LogP contribution is 2.31. The first-order chi connectivity index (χ1) is 10.7. The van der Waals surface area contributed by atoms with Crippen molar-refractivity contribution < 1.29 is 14.3 Å². The molecule has 1 unspecified atom stereocenters. The van der Waals surface area contributed by atoms with Crippen LogP contribution in [-0.4, -0.2) is 25.0 Å². The van der Waals surface area contributed by atoms with Gasteiger partial charge in [0.2, 0.25) is 5.91 Å². The third-order valence-corrected chi connectivity index (χ3v) is 4.27. The van der Waals surface area contributed by atoms with Crippen LogP contribution in [0.2, 0.25) is 0 Å². The van der Waals surface area contributed by atoms with Crippen molar-refractivity contribution in [3.05, 3.63) is 53.5 Å². The van der Waals surface area contributed by atoms with Crippen LogP contribution < -0.4 is 5.32 Å². The van der Waals surface area contributed by atoms with Crippen LogP contribution >= 0.6 is 11.8 Å². The number of rotatable bonds is 6. The van der Waals surface area contributed by atoms with E-state index in [9.17, 15) is 9.59 Å². The van der Waals surface area contributed by atoms with Crippen molar-refractivity contribution in [1.82, 2.24) is 5.32 Å². The molecule has 0 saturated heterocycles. The summed E-state index contributed by atoms with van der Waals surface area (Å²) in [5.74, 6) is -0.403. The van der Waals surface area contributed by atoms with Gasteiger partial charge in [0.05, 0.1) is 7.11 Å². The summed E-state index contributed by atoms with van der Waals surface area (Å²) in [4.78, 5) is 24.9. The smallest absolute Gasteiger partial charge is 0.330 e. The molecule has 0 aliphatic carbocycles. The van der Waals surface area contributed by atoms with Crippen LogP contribution in [0.3, 0.4) is 0 Å². The number of nitrogens with one attached hydrogen (secondary N) is 1. The van der Waals surface area contributed by atoms with E-state index in [0.717, 1.165) is 29.1 Å². The van der Waals surface area contributed by atoms with Gasteiger partial charge in [-0.2, -0.15) is 0 Å². The second kappa shape index (κ2) is 8.44. The van der Waals surface area contributed by atoms with Crippen molar-refractivity contribution in [2.75, 3.05) is 7.11 Å². The van der Waals surface area contributed by atoms with E-state index in [2.05, 4.69) is 10.1 Å². The number of ether oxygens (including phenoxy) is 1. The number of carbonyl (C=O) groups is 2. The Morgan fingerprint density at radius 1 is 1.41 bits per heavy atom. The molecule has 0 spiro atoms. The van der Waals surface area contributed by atoms with Crippen molar-refractivity contribution in [1.29, 1.82) is 0 Å². The molecule has 2 rings (SSSR count). The Labute approximate surface area is 134 Å². The number of allylic oxidation sites excluding steroid dienone is 1. The molecule has 1 aliphatic rings. The number of methoxy groups -OCH3 is 1. The van der Waals surface area contributed by atoms with E-state index in [-0.39, 0.29) is 17.9 Å². The predicted molar refractivity (Wildman–Crippen MR) is 87.3 cm³/mol. The SMILES string of the molecule is COC(=O)/C=C/CCC1CC(Sc2ccccc2)=CC(=O)N1. The van der Waals surface area contributed by atoms with Crippen LogP contribution in [0.15, 0.2) is 58.4 Å². The molecule has 4 nitrogen and oxygen atoms in total. The van der Waals surface area contributed by atoms with Gasteiger partial charge >= 0.3 is 5.97 Å². The standard InChI is InChI=1S/C17H19NO3S/c1-21-17(20)10-6-5-7-13-11-15(12-16(19)18-13)22-14-8-3-2-4-9-14/h2-4,6,8-10,12-13H,5,7,11H2,1H3,(H,18,19)/b10-6+. The lowest BCUT2D eigenvalue weighted by molar-refractivity contribution is -0.134. The number of carbonyl (C=O) groups excluding carboxylic acids is 2. The van der Waals surface area contributed by atoms with E-state index >= 15 is 0 Å². The number of amides is 1. The average molecular weight is 317 g/mol. The zero-order valence-corrected chi connectivity index (χ0v) is 13.3. The molecule has 1 aromatic rings. The summed E-state index contributed by atoms with van der Waals surface area (Å²) in [6, 6.07) is 10.1. The molecule has 0 bridgehead atoms. The topological polar surface area (TPSA) is 55.4 Å². The van der Waals surface area contributed by atoms with Crippen molar-refractivity contribution >= 4 is 23.6 Å². The van der Waals surface area contributed by atoms with Gasteiger partial charge in [0, 0.05) is 23.1 Å². The number of hydrogen-bond donors (Lipinski definition) is 1. The monoisotopic (exact) mass is 317 g/mol. The lowest BCUT2D eigenvalue weighted by Gasteiger charge is -2.23. The van der Waals surface area contributed by atoms with E-state index < -0.39 is 0 Å². The molecule has 1 heterocycles. The molecule has 0 radical (unpaired) electrons. The quantitative estimate of drug-likeness (QED) is 0.647. The summed E-state index contributed by atoms with van der Waals surface area (Å²) in [6.07, 6.45) is 7.20. The molecule has 1 atom stereocenters. The minimum absolute atomic E-state index is 0.0494. The Bertz CT molecular complexity index is 581. The molecule has 1 N–H and O–H groups in total. The van der Waals surface area contributed by atoms with Crippen molar-refractivity contribution in [3.8, 4) is 0 Å². The minimum atomic E-state index is -0.354. The first kappa shape index (κ1) is 16.4. The summed E-state index contributed by atoms with van der Waals surface area (Å²) < 4.78 is 4.53. The molecular formula is C17H19NO3S. The Morgan fingerprint density at radius 3 is 2.91 bits per heavy atom. The van der Waals surface area contributed by atoms with Crippen LogP contribution in [0, 0.1) is 0 Å². The Kier molecular flexibility index (Phi) is 6.27. The van der Waals surface area contributed by atoms with Crippen molar-refractivity contribution in [2.24, 2.45) is 0 Å². The zero-order valence-electron chi connectivity index (χ0n) is 12.5. The number of esters is 1. The fourth-order valence-electron chi connectivity index (χ4n) is 2.17. The predicted octanol–water partition coefficient (Wildman–Crippen LogP) is 3.06. The molecular weight excluding hydrogens is 298 g/mol. The van der Waals surface area contributed by atoms with Gasteiger partial charge in [0.15, 0.2) is 0 Å². The van der Waals surface area contributed by atoms with Crippen LogP contribution in [-0.2, 0) is 14.3 Å². The Hall–Kier alpha value is -2.01. The maximum absolute atomic E-state index is 11.8. The summed E-state index contributed by atoms with van der Waals surface area (Å²) in [6.45, 7) is 0. The maximum atomic E-state index is 11.8. The van der Waals surface area contributed by atoms with Crippen molar-refractivity contribution in [2.45, 2.75) is 30.2 Å². The van der Waals surface area contributed by atoms with Gasteiger partial charge < -0.3 is 10.1 Å². The van der Waals surface area contributed by atoms with E-state index in [1.54, 1.807) is 23.9 Å². The molecule has 1 amide bonds. The molecule has 5 heteroatoms. The highest BCUT2D eigenvalue weighted by Gasteiger charge is 2.19. The highest BCUT2D eigenvalue weighted by atomic mass is 32.2. The summed E-state index contributed by atoms with van der Waals surface area (Å²) in [7, 11) is 1.35. The fraction of sp³-hybridized carbons (Fsp3) is 0.294. The number of benzene rings is 1. The molecule has 0 fully saturated rings. The van der Waals surface area contributed by atoms with E-state index in [4.69, 9.17) is 0 Å². The molecule has 1 aliphatic heterocycles. The third-order valence-electron chi connectivity index (χ3n) is 3.22. The van der Waals surface area contributed by atoms with Crippen LogP contribution in [0.5, 0.6) is 0 Å². The minimum Gasteiger partial charge on any atom is -0.466 e. The molecule has 116 valence electrons. The maximum Gasteiger partial charge on any atom is 0.330 e. The van der Waals surface area contributed by atoms with Gasteiger partial charge in [0.25, 0.3) is 0 Å². The summed E-state index contributed by atoms with van der Waals surface area (Å²) in [5.41, 5.74) is 0. The molecule has 0 aromatic heterocycles. The van der Waals surface area contributed by atoms with Gasteiger partial charge in [-0.1, -0.05) is 36.0 Å². The van der Waals surface area contributed by atoms with Crippen LogP contribution in [0.25, 0.3) is 0 Å². The van der Waals surface area contributed by atoms with Gasteiger partial charge in [0.1, 0.15) is 0 Å². The number of hydrogen-bond acceptors (Lipinski definition) is 4. The fourth-order valence-corrected chi connectivity index (χ4v) is 3.22. The van der Waals surface area contributed by atoms with Crippen LogP contribution in [0.4, 0.5) is 0 Å². The Morgan fingerprint density at radius 2 is 2.18 bits per heavy atom. The first-order valence-corrected chi connectivity index (χ1v) is 7.97. The summed E-state index contributed by atoms with van der Waals surface area (Å²) in [5, 5.41) is 2.96. The van der Waals surface area contributed by atoms with Gasteiger partial charge in [-0.3, -0.25) is 4.79 Å². The van der Waals surface area contributed by atoms with Crippen LogP contribution in [0.1, 0.15) is 19.3 Å². The summed E-state index contributed by atoms with van der Waals surface area (Å²) >= 11 is 1.63. The zero-order chi connectivity index (χ0) is 15.8. The first-order valence-electron chi connectivity index (χ1n) is 7.16. The number of thioether (sulfide) groups is 1. The average Bonchev–Trinajstić information content (AvgIpc) is 2.52.